The Morgan fingerprint density at radius 1 is 1.08 bits per heavy atom. The van der Waals surface area contributed by atoms with E-state index in [1.807, 2.05) is 0 Å². The molecule has 0 aliphatic heterocycles. The topological polar surface area (TPSA) is 0 Å². The summed E-state index contributed by atoms with van der Waals surface area (Å²) in [7, 11) is 0. The fourth-order valence-corrected chi connectivity index (χ4v) is 2.63. The fraction of sp³-hybridized carbons (Fsp3) is 1.00. The van der Waals surface area contributed by atoms with Crippen molar-refractivity contribution in [3.63, 3.8) is 0 Å². The van der Waals surface area contributed by atoms with Gasteiger partial charge < -0.3 is 0 Å². The monoisotopic (exact) mass is 182 g/mol. The van der Waals surface area contributed by atoms with Crippen LogP contribution in [0.3, 0.4) is 0 Å². The summed E-state index contributed by atoms with van der Waals surface area (Å²) in [6, 6.07) is 0. The molecule has 0 amide bonds. The summed E-state index contributed by atoms with van der Waals surface area (Å²) in [6.07, 6.45) is 4.31. The molecular weight excluding hydrogens is 156 g/mol. The molecule has 0 aromatic rings. The Bertz CT molecular complexity index is 148. The minimum atomic E-state index is 0.921. The van der Waals surface area contributed by atoms with Gasteiger partial charge in [-0.05, 0) is 42.4 Å². The van der Waals surface area contributed by atoms with E-state index in [9.17, 15) is 0 Å². The summed E-state index contributed by atoms with van der Waals surface area (Å²) in [4.78, 5) is 0. The maximum Gasteiger partial charge on any atom is -0.0355 e. The maximum absolute atomic E-state index is 2.46. The largest absolute Gasteiger partial charge is 0.0651 e. The smallest absolute Gasteiger partial charge is 0.0355 e. The Morgan fingerprint density at radius 2 is 1.69 bits per heavy atom. The first-order valence-corrected chi connectivity index (χ1v) is 6.06. The number of rotatable bonds is 5. The number of hydrogen-bond donors (Lipinski definition) is 0. The van der Waals surface area contributed by atoms with Crippen LogP contribution in [-0.4, -0.2) is 0 Å². The van der Waals surface area contributed by atoms with E-state index in [2.05, 4.69) is 34.6 Å². The second kappa shape index (κ2) is 4.48. The van der Waals surface area contributed by atoms with Gasteiger partial charge in [0, 0.05) is 0 Å². The molecule has 0 bridgehead atoms. The van der Waals surface area contributed by atoms with Gasteiger partial charge in [0.2, 0.25) is 0 Å². The third kappa shape index (κ3) is 3.00. The van der Waals surface area contributed by atoms with Crippen molar-refractivity contribution in [3.8, 4) is 0 Å². The fourth-order valence-electron chi connectivity index (χ4n) is 2.63. The van der Waals surface area contributed by atoms with Crippen LogP contribution in [0.25, 0.3) is 0 Å². The molecule has 0 radical (unpaired) electrons. The molecule has 0 aromatic carbocycles. The van der Waals surface area contributed by atoms with Crippen molar-refractivity contribution in [1.82, 2.24) is 0 Å². The maximum atomic E-state index is 2.46. The van der Waals surface area contributed by atoms with Crippen LogP contribution in [-0.2, 0) is 0 Å². The summed E-state index contributed by atoms with van der Waals surface area (Å²) in [5.41, 5.74) is 0. The van der Waals surface area contributed by atoms with Crippen LogP contribution in [0.4, 0.5) is 0 Å². The van der Waals surface area contributed by atoms with E-state index in [-0.39, 0.29) is 0 Å². The van der Waals surface area contributed by atoms with Crippen LogP contribution in [0.15, 0.2) is 0 Å². The highest BCUT2D eigenvalue weighted by molar-refractivity contribution is 4.91. The molecule has 1 aliphatic carbocycles. The lowest BCUT2D eigenvalue weighted by Crippen LogP contribution is -2.07. The quantitative estimate of drug-likeness (QED) is 0.593. The average Bonchev–Trinajstić information content (AvgIpc) is 2.82. The first-order chi connectivity index (χ1) is 6.06. The van der Waals surface area contributed by atoms with Crippen molar-refractivity contribution in [2.24, 2.45) is 29.6 Å². The minimum absolute atomic E-state index is 0.921. The Morgan fingerprint density at radius 3 is 2.08 bits per heavy atom. The molecule has 0 saturated heterocycles. The van der Waals surface area contributed by atoms with Crippen LogP contribution in [0.5, 0.6) is 0 Å². The van der Waals surface area contributed by atoms with Crippen molar-refractivity contribution in [2.75, 3.05) is 0 Å². The van der Waals surface area contributed by atoms with Gasteiger partial charge >= 0.3 is 0 Å². The van der Waals surface area contributed by atoms with Gasteiger partial charge in [-0.2, -0.15) is 0 Å². The first kappa shape index (κ1) is 11.1. The molecule has 4 atom stereocenters. The van der Waals surface area contributed by atoms with Crippen molar-refractivity contribution in [1.29, 1.82) is 0 Å². The van der Waals surface area contributed by atoms with E-state index in [0.717, 1.165) is 29.6 Å². The second-order valence-corrected chi connectivity index (χ2v) is 5.53. The van der Waals surface area contributed by atoms with Gasteiger partial charge in [0.25, 0.3) is 0 Å². The lowest BCUT2D eigenvalue weighted by molar-refractivity contribution is 0.342. The van der Waals surface area contributed by atoms with Crippen LogP contribution in [0.2, 0.25) is 0 Å². The van der Waals surface area contributed by atoms with E-state index in [4.69, 9.17) is 0 Å². The summed E-state index contributed by atoms with van der Waals surface area (Å²) in [6.45, 7) is 11.9. The highest BCUT2D eigenvalue weighted by Crippen LogP contribution is 2.50. The molecule has 0 nitrogen and oxygen atoms in total. The third-order valence-corrected chi connectivity index (χ3v) is 3.95. The average molecular weight is 182 g/mol. The van der Waals surface area contributed by atoms with Gasteiger partial charge in [-0.15, -0.1) is 0 Å². The predicted octanol–water partition coefficient (Wildman–Crippen LogP) is 4.35. The van der Waals surface area contributed by atoms with Gasteiger partial charge in [0.05, 0.1) is 0 Å². The molecular formula is C13H26. The minimum Gasteiger partial charge on any atom is -0.0651 e. The van der Waals surface area contributed by atoms with Crippen molar-refractivity contribution in [3.05, 3.63) is 0 Å². The van der Waals surface area contributed by atoms with Crippen LogP contribution < -0.4 is 0 Å². The molecule has 13 heavy (non-hydrogen) atoms. The molecule has 1 aliphatic rings. The van der Waals surface area contributed by atoms with Gasteiger partial charge in [-0.1, -0.05) is 41.0 Å². The highest BCUT2D eigenvalue weighted by atomic mass is 14.5. The zero-order chi connectivity index (χ0) is 10.0. The van der Waals surface area contributed by atoms with Crippen LogP contribution in [0, 0.1) is 29.6 Å². The summed E-state index contributed by atoms with van der Waals surface area (Å²) < 4.78 is 0. The van der Waals surface area contributed by atoms with Crippen molar-refractivity contribution < 1.29 is 0 Å². The SMILES string of the molecule is CCC(C)CC(C)C1CC1C(C)C. The normalized spacial score (nSPS) is 31.8. The molecule has 1 rings (SSSR count). The van der Waals surface area contributed by atoms with Gasteiger partial charge in [0.15, 0.2) is 0 Å². The van der Waals surface area contributed by atoms with Crippen molar-refractivity contribution in [2.45, 2.75) is 53.9 Å². The van der Waals surface area contributed by atoms with Gasteiger partial charge in [0.1, 0.15) is 0 Å². The second-order valence-electron chi connectivity index (χ2n) is 5.53. The molecule has 1 saturated carbocycles. The standard InChI is InChI=1S/C13H26/c1-6-10(4)7-11(5)13-8-12(13)9(2)3/h9-13H,6-8H2,1-5H3. The Hall–Kier alpha value is 0. The van der Waals surface area contributed by atoms with Crippen molar-refractivity contribution >= 4 is 0 Å². The molecule has 0 spiro atoms. The molecule has 0 heteroatoms. The van der Waals surface area contributed by atoms with Crippen LogP contribution >= 0.6 is 0 Å². The van der Waals surface area contributed by atoms with E-state index >= 15 is 0 Å². The highest BCUT2D eigenvalue weighted by Gasteiger charge is 2.42. The van der Waals surface area contributed by atoms with E-state index < -0.39 is 0 Å². The molecule has 4 unspecified atom stereocenters. The first-order valence-electron chi connectivity index (χ1n) is 6.06. The molecule has 0 heterocycles. The predicted molar refractivity (Wildman–Crippen MR) is 59.7 cm³/mol. The zero-order valence-corrected chi connectivity index (χ0v) is 10.0. The Kier molecular flexibility index (Phi) is 3.82. The lowest BCUT2D eigenvalue weighted by atomic mass is 9.90. The molecule has 78 valence electrons. The molecule has 0 N–H and O–H groups in total. The summed E-state index contributed by atoms with van der Waals surface area (Å²) in [5.74, 6) is 4.95. The summed E-state index contributed by atoms with van der Waals surface area (Å²) in [5, 5.41) is 0. The Balaban J connectivity index is 2.23. The van der Waals surface area contributed by atoms with Gasteiger partial charge in [-0.25, -0.2) is 0 Å². The van der Waals surface area contributed by atoms with Crippen LogP contribution in [0.1, 0.15) is 53.9 Å². The summed E-state index contributed by atoms with van der Waals surface area (Å²) >= 11 is 0. The van der Waals surface area contributed by atoms with E-state index in [0.29, 0.717) is 0 Å². The van der Waals surface area contributed by atoms with Gasteiger partial charge in [-0.3, -0.25) is 0 Å². The molecule has 0 aromatic heterocycles. The number of hydrogen-bond acceptors (Lipinski definition) is 0. The van der Waals surface area contributed by atoms with E-state index in [1.54, 1.807) is 0 Å². The zero-order valence-electron chi connectivity index (χ0n) is 10.0. The lowest BCUT2D eigenvalue weighted by Gasteiger charge is -2.16. The Labute approximate surface area is 84.1 Å². The van der Waals surface area contributed by atoms with E-state index in [1.165, 1.54) is 19.3 Å². The third-order valence-electron chi connectivity index (χ3n) is 3.95. The molecule has 1 fully saturated rings.